The zero-order valence-corrected chi connectivity index (χ0v) is 17.1. The summed E-state index contributed by atoms with van der Waals surface area (Å²) in [6.45, 7) is -0.379. The van der Waals surface area contributed by atoms with Crippen molar-refractivity contribution in [3.63, 3.8) is 0 Å². The molecule has 0 amide bonds. The van der Waals surface area contributed by atoms with Gasteiger partial charge < -0.3 is 20.1 Å². The summed E-state index contributed by atoms with van der Waals surface area (Å²) in [5.74, 6) is -1.78. The van der Waals surface area contributed by atoms with E-state index >= 15 is 0 Å². The van der Waals surface area contributed by atoms with Gasteiger partial charge in [-0.15, -0.1) is 0 Å². The van der Waals surface area contributed by atoms with Crippen molar-refractivity contribution in [2.45, 2.75) is 24.5 Å². The van der Waals surface area contributed by atoms with E-state index in [0.717, 1.165) is 13.4 Å². The van der Waals surface area contributed by atoms with Crippen LogP contribution in [0.15, 0.2) is 24.2 Å². The summed E-state index contributed by atoms with van der Waals surface area (Å²) in [5, 5.41) is 29.9. The average Bonchev–Trinajstić information content (AvgIpc) is 3.05. The van der Waals surface area contributed by atoms with Gasteiger partial charge in [-0.25, -0.2) is 4.98 Å². The van der Waals surface area contributed by atoms with Gasteiger partial charge in [0.2, 0.25) is 0 Å². The number of aromatic nitrogens is 2. The molecule has 0 radical (unpaired) electrons. The smallest absolute Gasteiger partial charge is 0.257 e. The molecule has 10 heteroatoms. The minimum atomic E-state index is -1.78. The van der Waals surface area contributed by atoms with Crippen LogP contribution in [-0.4, -0.2) is 43.7 Å². The molecule has 22 heavy (non-hydrogen) atoms. The predicted octanol–water partition coefficient (Wildman–Crippen LogP) is 2.83. The number of benzene rings is 1. The fraction of sp³-hybridized carbons (Fsp3) is 0.417. The molecule has 0 unspecified atom stereocenters. The van der Waals surface area contributed by atoms with E-state index in [1.54, 1.807) is 0 Å². The van der Waals surface area contributed by atoms with Crippen LogP contribution < -0.4 is 0 Å². The number of imidazole rings is 1. The van der Waals surface area contributed by atoms with E-state index in [0.29, 0.717) is 15.5 Å². The number of fused-ring (bicyclic) bond motifs is 1. The first-order chi connectivity index (χ1) is 10.3. The molecule has 1 saturated heterocycles. The predicted molar refractivity (Wildman–Crippen MR) is 93.3 cm³/mol. The minimum Gasteiger partial charge on any atom is -0.394 e. The van der Waals surface area contributed by atoms with Gasteiger partial charge in [-0.1, -0.05) is 0 Å². The monoisotopic (exact) mass is 562 g/mol. The number of aliphatic hydroxyl groups excluding tert-OH is 2. The number of hydrogen-bond donors (Lipinski definition) is 3. The Morgan fingerprint density at radius 2 is 1.86 bits per heavy atom. The second-order valence-electron chi connectivity index (χ2n) is 4.92. The largest absolute Gasteiger partial charge is 0.394 e. The van der Waals surface area contributed by atoms with Crippen molar-refractivity contribution in [3.05, 3.63) is 24.2 Å². The molecule has 2 aromatic rings. The SMILES string of the molecule is OC[C@H]1O[C@](O)(n2cnc3c(Br)c(Br)c(Br)c(Br)c32)C[C@@H]1O. The Labute approximate surface area is 159 Å². The van der Waals surface area contributed by atoms with E-state index in [1.807, 2.05) is 0 Å². The van der Waals surface area contributed by atoms with Gasteiger partial charge in [0, 0.05) is 8.95 Å². The first kappa shape index (κ1) is 17.3. The highest BCUT2D eigenvalue weighted by molar-refractivity contribution is 9.15. The van der Waals surface area contributed by atoms with Crippen LogP contribution in [0.4, 0.5) is 0 Å². The second kappa shape index (κ2) is 6.07. The van der Waals surface area contributed by atoms with Crippen LogP contribution in [0.25, 0.3) is 11.0 Å². The lowest BCUT2D eigenvalue weighted by molar-refractivity contribution is -0.254. The Hall–Kier alpha value is 0.450. The molecule has 3 atom stereocenters. The molecule has 0 aliphatic carbocycles. The second-order valence-corrected chi connectivity index (χ2v) is 8.09. The first-order valence-corrected chi connectivity index (χ1v) is 9.36. The third-order valence-electron chi connectivity index (χ3n) is 3.56. The fourth-order valence-electron chi connectivity index (χ4n) is 2.47. The van der Waals surface area contributed by atoms with Crippen LogP contribution in [0.3, 0.4) is 0 Å². The molecule has 1 aromatic heterocycles. The molecule has 0 saturated carbocycles. The quantitative estimate of drug-likeness (QED) is 0.385. The van der Waals surface area contributed by atoms with Crippen molar-refractivity contribution >= 4 is 74.8 Å². The summed E-state index contributed by atoms with van der Waals surface area (Å²) < 4.78 is 9.80. The van der Waals surface area contributed by atoms with Crippen molar-refractivity contribution in [2.24, 2.45) is 0 Å². The zero-order valence-electron chi connectivity index (χ0n) is 10.8. The van der Waals surface area contributed by atoms with Gasteiger partial charge >= 0.3 is 0 Å². The summed E-state index contributed by atoms with van der Waals surface area (Å²) in [4.78, 5) is 4.30. The van der Waals surface area contributed by atoms with E-state index in [1.165, 1.54) is 10.9 Å². The van der Waals surface area contributed by atoms with E-state index < -0.39 is 18.1 Å². The molecular formula is C12H10Br4N2O4. The number of rotatable bonds is 2. The lowest BCUT2D eigenvalue weighted by Crippen LogP contribution is -2.33. The van der Waals surface area contributed by atoms with Crippen molar-refractivity contribution in [1.29, 1.82) is 0 Å². The number of nitrogens with zero attached hydrogens (tertiary/aromatic N) is 2. The molecular weight excluding hydrogens is 556 g/mol. The Morgan fingerprint density at radius 3 is 2.45 bits per heavy atom. The number of hydrogen-bond acceptors (Lipinski definition) is 5. The Kier molecular flexibility index (Phi) is 4.77. The first-order valence-electron chi connectivity index (χ1n) is 6.18. The van der Waals surface area contributed by atoms with E-state index in [9.17, 15) is 15.3 Å². The maximum atomic E-state index is 10.8. The summed E-state index contributed by atoms with van der Waals surface area (Å²) in [7, 11) is 0. The molecule has 0 bridgehead atoms. The van der Waals surface area contributed by atoms with Crippen LogP contribution in [0.1, 0.15) is 6.42 Å². The molecule has 0 spiro atoms. The highest BCUT2D eigenvalue weighted by atomic mass is 79.9. The lowest BCUT2D eigenvalue weighted by atomic mass is 10.1. The summed E-state index contributed by atoms with van der Waals surface area (Å²) in [6.07, 6.45) is -0.440. The molecule has 2 heterocycles. The van der Waals surface area contributed by atoms with Crippen LogP contribution in [0, 0.1) is 0 Å². The van der Waals surface area contributed by atoms with Gasteiger partial charge in [0.15, 0.2) is 0 Å². The molecule has 3 N–H and O–H groups in total. The van der Waals surface area contributed by atoms with Gasteiger partial charge in [-0.05, 0) is 63.7 Å². The third-order valence-corrected chi connectivity index (χ3v) is 8.29. The van der Waals surface area contributed by atoms with Gasteiger partial charge in [0.05, 0.1) is 33.6 Å². The number of halogens is 4. The maximum Gasteiger partial charge on any atom is 0.257 e. The molecule has 1 aromatic carbocycles. The standard InChI is InChI=1S/C12H10Br4N2O4/c13-6-7(14)9(16)11-10(8(6)15)17-3-18(11)12(21)1-4(20)5(2-19)22-12/h3-5,19-21H,1-2H2/t4-,5+,12-/m0/s1. The van der Waals surface area contributed by atoms with Crippen LogP contribution in [0.5, 0.6) is 0 Å². The fourth-order valence-corrected chi connectivity index (χ4v) is 4.84. The number of aliphatic hydroxyl groups is 3. The topological polar surface area (TPSA) is 87.7 Å². The summed E-state index contributed by atoms with van der Waals surface area (Å²) in [6, 6.07) is 0. The van der Waals surface area contributed by atoms with Crippen LogP contribution in [-0.2, 0) is 10.6 Å². The van der Waals surface area contributed by atoms with Crippen LogP contribution in [0.2, 0.25) is 0 Å². The average molecular weight is 566 g/mol. The Morgan fingerprint density at radius 1 is 1.23 bits per heavy atom. The normalized spacial score (nSPS) is 28.7. The van der Waals surface area contributed by atoms with Crippen molar-refractivity contribution in [2.75, 3.05) is 6.61 Å². The molecule has 3 rings (SSSR count). The number of ether oxygens (including phenoxy) is 1. The van der Waals surface area contributed by atoms with Gasteiger partial charge in [0.1, 0.15) is 17.9 Å². The Bertz CT molecular complexity index is 753. The van der Waals surface area contributed by atoms with Gasteiger partial charge in [-0.3, -0.25) is 4.57 Å². The van der Waals surface area contributed by atoms with Crippen molar-refractivity contribution in [3.8, 4) is 0 Å². The molecule has 1 fully saturated rings. The van der Waals surface area contributed by atoms with E-state index in [4.69, 9.17) is 4.74 Å². The summed E-state index contributed by atoms with van der Waals surface area (Å²) >= 11 is 13.8. The molecule has 6 nitrogen and oxygen atoms in total. The van der Waals surface area contributed by atoms with Crippen molar-refractivity contribution < 1.29 is 20.1 Å². The molecule has 1 aliphatic heterocycles. The summed E-state index contributed by atoms with van der Waals surface area (Å²) in [5.41, 5.74) is 1.20. The van der Waals surface area contributed by atoms with E-state index in [-0.39, 0.29) is 13.0 Å². The van der Waals surface area contributed by atoms with Crippen molar-refractivity contribution in [1.82, 2.24) is 9.55 Å². The highest BCUT2D eigenvalue weighted by Crippen LogP contribution is 2.45. The highest BCUT2D eigenvalue weighted by Gasteiger charge is 2.47. The third kappa shape index (κ3) is 2.52. The Balaban J connectivity index is 2.21. The minimum absolute atomic E-state index is 0.0680. The zero-order chi connectivity index (χ0) is 16.2. The maximum absolute atomic E-state index is 10.8. The van der Waals surface area contributed by atoms with Gasteiger partial charge in [0.25, 0.3) is 5.91 Å². The van der Waals surface area contributed by atoms with Gasteiger partial charge in [-0.2, -0.15) is 0 Å². The molecule has 1 aliphatic rings. The lowest BCUT2D eigenvalue weighted by Gasteiger charge is -2.25. The van der Waals surface area contributed by atoms with E-state index in [2.05, 4.69) is 68.7 Å². The van der Waals surface area contributed by atoms with Crippen LogP contribution >= 0.6 is 63.7 Å². The molecule has 120 valence electrons.